The van der Waals surface area contributed by atoms with Crippen molar-refractivity contribution in [3.8, 4) is 11.5 Å². The lowest BCUT2D eigenvalue weighted by molar-refractivity contribution is -0.113. The third-order valence-electron chi connectivity index (χ3n) is 7.03. The van der Waals surface area contributed by atoms with Crippen LogP contribution in [0.15, 0.2) is 30.4 Å². The highest BCUT2D eigenvalue weighted by atomic mass is 16.5. The van der Waals surface area contributed by atoms with Gasteiger partial charge in [0, 0.05) is 12.3 Å². The Kier molecular flexibility index (Phi) is 5.71. The molecule has 2 fully saturated rings. The van der Waals surface area contributed by atoms with Crippen LogP contribution in [-0.2, 0) is 4.74 Å². The molecule has 5 unspecified atom stereocenters. The molecule has 3 rings (SSSR count). The minimum Gasteiger partial charge on any atom is -0.504 e. The Balaban J connectivity index is 1.96. The molecule has 3 N–H and O–H groups in total. The van der Waals surface area contributed by atoms with Gasteiger partial charge < -0.3 is 24.8 Å². The van der Waals surface area contributed by atoms with E-state index in [9.17, 15) is 20.1 Å². The Morgan fingerprint density at radius 1 is 1.31 bits per heavy atom. The van der Waals surface area contributed by atoms with E-state index >= 15 is 0 Å². The van der Waals surface area contributed by atoms with Gasteiger partial charge in [-0.25, -0.2) is 4.79 Å². The standard InChI is InChI=1S/C23H32O6/c1-13(2)23(27)9-8-22(4)12-17(25)14(3)10-19(20(22)23)29-21(26)15-6-7-16(24)18(11-15)28-5/h6-7,11,13,17,19-20,24-25,27H,3,8-10,12H2,1-2,4-5H3. The van der Waals surface area contributed by atoms with Gasteiger partial charge in [-0.2, -0.15) is 0 Å². The first-order valence-electron chi connectivity index (χ1n) is 10.2. The van der Waals surface area contributed by atoms with Gasteiger partial charge in [0.05, 0.1) is 24.4 Å². The van der Waals surface area contributed by atoms with E-state index in [0.717, 1.165) is 6.42 Å². The molecule has 160 valence electrons. The second-order valence-corrected chi connectivity index (χ2v) is 9.19. The molecule has 0 radical (unpaired) electrons. The van der Waals surface area contributed by atoms with Crippen LogP contribution in [0, 0.1) is 17.3 Å². The fourth-order valence-electron chi connectivity index (χ4n) is 5.27. The lowest BCUT2D eigenvalue weighted by Gasteiger charge is -2.43. The zero-order valence-corrected chi connectivity index (χ0v) is 17.6. The molecule has 0 heterocycles. The number of ether oxygens (including phenoxy) is 2. The van der Waals surface area contributed by atoms with E-state index in [0.29, 0.717) is 24.8 Å². The molecule has 1 aromatic carbocycles. The van der Waals surface area contributed by atoms with Gasteiger partial charge in [0.1, 0.15) is 6.10 Å². The van der Waals surface area contributed by atoms with Crippen molar-refractivity contribution in [2.45, 2.75) is 64.3 Å². The lowest BCUT2D eigenvalue weighted by atomic mass is 9.67. The van der Waals surface area contributed by atoms with Gasteiger partial charge in [0.25, 0.3) is 0 Å². The number of fused-ring (bicyclic) bond motifs is 1. The molecule has 0 aromatic heterocycles. The highest BCUT2D eigenvalue weighted by molar-refractivity contribution is 5.90. The van der Waals surface area contributed by atoms with E-state index in [4.69, 9.17) is 9.47 Å². The predicted octanol–water partition coefficient (Wildman–Crippen LogP) is 3.44. The first kappa shape index (κ1) is 21.7. The number of carbonyl (C=O) groups excluding carboxylic acids is 1. The molecular formula is C23H32O6. The maximum atomic E-state index is 12.9. The number of aromatic hydroxyl groups is 1. The van der Waals surface area contributed by atoms with E-state index in [1.54, 1.807) is 0 Å². The van der Waals surface area contributed by atoms with E-state index in [-0.39, 0.29) is 34.3 Å². The molecule has 1 aromatic rings. The second kappa shape index (κ2) is 7.65. The van der Waals surface area contributed by atoms with Gasteiger partial charge in [-0.1, -0.05) is 27.4 Å². The number of aliphatic hydroxyl groups is 2. The van der Waals surface area contributed by atoms with Crippen LogP contribution in [-0.4, -0.2) is 46.2 Å². The van der Waals surface area contributed by atoms with Crippen molar-refractivity contribution in [1.82, 2.24) is 0 Å². The molecule has 6 nitrogen and oxygen atoms in total. The molecule has 6 heteroatoms. The van der Waals surface area contributed by atoms with Crippen LogP contribution in [0.25, 0.3) is 0 Å². The molecule has 0 bridgehead atoms. The molecule has 0 spiro atoms. The van der Waals surface area contributed by atoms with E-state index in [1.165, 1.54) is 25.3 Å². The number of phenolic OH excluding ortho intramolecular Hbond substituents is 1. The average molecular weight is 405 g/mol. The molecule has 0 amide bonds. The molecular weight excluding hydrogens is 372 g/mol. The monoisotopic (exact) mass is 404 g/mol. The number of hydrogen-bond donors (Lipinski definition) is 3. The summed E-state index contributed by atoms with van der Waals surface area (Å²) in [6.45, 7) is 10.0. The fraction of sp³-hybridized carbons (Fsp3) is 0.609. The summed E-state index contributed by atoms with van der Waals surface area (Å²) in [5.41, 5.74) is -0.484. The number of esters is 1. The van der Waals surface area contributed by atoms with Crippen molar-refractivity contribution in [3.05, 3.63) is 35.9 Å². The fourth-order valence-corrected chi connectivity index (χ4v) is 5.27. The number of benzene rings is 1. The van der Waals surface area contributed by atoms with Crippen LogP contribution in [0.5, 0.6) is 11.5 Å². The van der Waals surface area contributed by atoms with Gasteiger partial charge >= 0.3 is 5.97 Å². The van der Waals surface area contributed by atoms with Crippen LogP contribution in [0.1, 0.15) is 56.8 Å². The van der Waals surface area contributed by atoms with E-state index in [1.807, 2.05) is 13.8 Å². The zero-order valence-electron chi connectivity index (χ0n) is 17.6. The first-order chi connectivity index (χ1) is 13.5. The Bertz CT molecular complexity index is 803. The summed E-state index contributed by atoms with van der Waals surface area (Å²) >= 11 is 0. The maximum absolute atomic E-state index is 12.9. The van der Waals surface area contributed by atoms with Crippen molar-refractivity contribution in [3.63, 3.8) is 0 Å². The third-order valence-corrected chi connectivity index (χ3v) is 7.03. The van der Waals surface area contributed by atoms with Crippen LogP contribution in [0.4, 0.5) is 0 Å². The summed E-state index contributed by atoms with van der Waals surface area (Å²) in [5.74, 6) is -0.769. The van der Waals surface area contributed by atoms with Gasteiger partial charge in [-0.05, 0) is 54.4 Å². The Hall–Kier alpha value is -2.05. The topological polar surface area (TPSA) is 96.2 Å². The van der Waals surface area contributed by atoms with E-state index < -0.39 is 23.8 Å². The van der Waals surface area contributed by atoms with Gasteiger partial charge in [-0.3, -0.25) is 0 Å². The second-order valence-electron chi connectivity index (χ2n) is 9.19. The average Bonchev–Trinajstić information content (AvgIpc) is 2.88. The minimum absolute atomic E-state index is 0.0206. The van der Waals surface area contributed by atoms with Crippen molar-refractivity contribution in [2.75, 3.05) is 7.11 Å². The number of carbonyl (C=O) groups is 1. The zero-order chi connectivity index (χ0) is 21.6. The number of aliphatic hydroxyl groups excluding tert-OH is 1. The summed E-state index contributed by atoms with van der Waals surface area (Å²) < 4.78 is 11.0. The maximum Gasteiger partial charge on any atom is 0.338 e. The molecule has 0 saturated heterocycles. The molecule has 2 aliphatic carbocycles. The van der Waals surface area contributed by atoms with Crippen LogP contribution in [0.3, 0.4) is 0 Å². The smallest absolute Gasteiger partial charge is 0.338 e. The van der Waals surface area contributed by atoms with Crippen molar-refractivity contribution in [1.29, 1.82) is 0 Å². The molecule has 2 aliphatic rings. The van der Waals surface area contributed by atoms with Crippen LogP contribution in [0.2, 0.25) is 0 Å². The molecule has 5 atom stereocenters. The van der Waals surface area contributed by atoms with E-state index in [2.05, 4.69) is 13.5 Å². The summed E-state index contributed by atoms with van der Waals surface area (Å²) in [6, 6.07) is 4.29. The normalized spacial score (nSPS) is 34.6. The Labute approximate surface area is 172 Å². The van der Waals surface area contributed by atoms with Crippen molar-refractivity contribution >= 4 is 5.97 Å². The van der Waals surface area contributed by atoms with Crippen LogP contribution >= 0.6 is 0 Å². The lowest BCUT2D eigenvalue weighted by Crippen LogP contribution is -2.50. The SMILES string of the molecule is C=C1CC(OC(=O)c2ccc(O)c(OC)c2)C2C(C)(CCC2(O)C(C)C)CC1O. The van der Waals surface area contributed by atoms with Crippen molar-refractivity contribution in [2.24, 2.45) is 17.3 Å². The summed E-state index contributed by atoms with van der Waals surface area (Å²) in [7, 11) is 1.41. The Morgan fingerprint density at radius 2 is 2.00 bits per heavy atom. The summed E-state index contributed by atoms with van der Waals surface area (Å²) in [6.07, 6.45) is 0.856. The minimum atomic E-state index is -0.989. The third kappa shape index (κ3) is 3.76. The number of phenols is 1. The summed E-state index contributed by atoms with van der Waals surface area (Å²) in [4.78, 5) is 12.9. The number of hydrogen-bond acceptors (Lipinski definition) is 6. The molecule has 29 heavy (non-hydrogen) atoms. The predicted molar refractivity (Wildman–Crippen MR) is 109 cm³/mol. The van der Waals surface area contributed by atoms with Crippen molar-refractivity contribution < 1.29 is 29.6 Å². The highest BCUT2D eigenvalue weighted by Gasteiger charge is 2.60. The molecule has 0 aliphatic heterocycles. The quantitative estimate of drug-likeness (QED) is 0.525. The Morgan fingerprint density at radius 3 is 2.62 bits per heavy atom. The largest absolute Gasteiger partial charge is 0.504 e. The highest BCUT2D eigenvalue weighted by Crippen LogP contribution is 2.58. The van der Waals surface area contributed by atoms with Gasteiger partial charge in [0.15, 0.2) is 11.5 Å². The van der Waals surface area contributed by atoms with Gasteiger partial charge in [0.2, 0.25) is 0 Å². The number of rotatable bonds is 4. The van der Waals surface area contributed by atoms with Crippen LogP contribution < -0.4 is 4.74 Å². The number of methoxy groups -OCH3 is 1. The van der Waals surface area contributed by atoms with Gasteiger partial charge in [-0.15, -0.1) is 0 Å². The summed E-state index contributed by atoms with van der Waals surface area (Å²) in [5, 5.41) is 31.9. The first-order valence-corrected chi connectivity index (χ1v) is 10.2. The molecule has 2 saturated carbocycles.